The number of halogens is 1. The predicted molar refractivity (Wildman–Crippen MR) is 84.6 cm³/mol. The summed E-state index contributed by atoms with van der Waals surface area (Å²) in [6.45, 7) is 6.90. The fourth-order valence-corrected chi connectivity index (χ4v) is 3.56. The predicted octanol–water partition coefficient (Wildman–Crippen LogP) is 3.94. The average molecular weight is 323 g/mol. The van der Waals surface area contributed by atoms with Crippen LogP contribution in [0.5, 0.6) is 0 Å². The molecule has 3 rings (SSSR count). The zero-order valence-corrected chi connectivity index (χ0v) is 13.4. The largest absolute Gasteiger partial charge is 0.368 e. The van der Waals surface area contributed by atoms with Gasteiger partial charge < -0.3 is 10.2 Å². The van der Waals surface area contributed by atoms with Gasteiger partial charge in [0.2, 0.25) is 0 Å². The summed E-state index contributed by atoms with van der Waals surface area (Å²) in [5, 5.41) is 3.64. The Bertz CT molecular complexity index is 456. The summed E-state index contributed by atoms with van der Waals surface area (Å²) in [4.78, 5) is 2.58. The van der Waals surface area contributed by atoms with E-state index in [1.54, 1.807) is 0 Å². The topological polar surface area (TPSA) is 15.3 Å². The molecule has 1 aliphatic heterocycles. The first-order valence-corrected chi connectivity index (χ1v) is 8.21. The summed E-state index contributed by atoms with van der Waals surface area (Å²) in [5.74, 6) is 0.808. The molecule has 2 nitrogen and oxygen atoms in total. The van der Waals surface area contributed by atoms with Crippen LogP contribution in [0.4, 0.5) is 5.69 Å². The molecule has 0 radical (unpaired) electrons. The SMILES string of the molecule is CC1CC(C)N(c2ccc(Br)cc2CNC2CC2)C1. The van der Waals surface area contributed by atoms with E-state index in [1.165, 1.54) is 41.5 Å². The van der Waals surface area contributed by atoms with Gasteiger partial charge in [-0.15, -0.1) is 0 Å². The van der Waals surface area contributed by atoms with Crippen LogP contribution in [0.3, 0.4) is 0 Å². The summed E-state index contributed by atoms with van der Waals surface area (Å²) in [5.41, 5.74) is 2.86. The number of anilines is 1. The highest BCUT2D eigenvalue weighted by Crippen LogP contribution is 2.33. The van der Waals surface area contributed by atoms with E-state index < -0.39 is 0 Å². The maximum Gasteiger partial charge on any atom is 0.0415 e. The molecule has 2 atom stereocenters. The van der Waals surface area contributed by atoms with E-state index in [0.29, 0.717) is 6.04 Å². The minimum absolute atomic E-state index is 0.663. The number of hydrogen-bond acceptors (Lipinski definition) is 2. The molecular weight excluding hydrogens is 300 g/mol. The second kappa shape index (κ2) is 5.45. The van der Waals surface area contributed by atoms with Gasteiger partial charge in [0.05, 0.1) is 0 Å². The van der Waals surface area contributed by atoms with E-state index in [4.69, 9.17) is 0 Å². The van der Waals surface area contributed by atoms with Crippen LogP contribution in [0, 0.1) is 5.92 Å². The Morgan fingerprint density at radius 3 is 2.74 bits per heavy atom. The van der Waals surface area contributed by atoms with Crippen LogP contribution < -0.4 is 10.2 Å². The smallest absolute Gasteiger partial charge is 0.0415 e. The van der Waals surface area contributed by atoms with Gasteiger partial charge in [-0.05, 0) is 55.9 Å². The second-order valence-electron chi connectivity index (χ2n) is 6.27. The molecule has 0 spiro atoms. The molecule has 19 heavy (non-hydrogen) atoms. The molecule has 1 heterocycles. The fraction of sp³-hybridized carbons (Fsp3) is 0.625. The summed E-state index contributed by atoms with van der Waals surface area (Å²) in [6, 6.07) is 8.16. The third kappa shape index (κ3) is 3.14. The molecule has 0 aromatic heterocycles. The van der Waals surface area contributed by atoms with E-state index in [9.17, 15) is 0 Å². The van der Waals surface area contributed by atoms with E-state index in [2.05, 4.69) is 58.2 Å². The summed E-state index contributed by atoms with van der Waals surface area (Å²) in [6.07, 6.45) is 4.01. The van der Waals surface area contributed by atoms with Gasteiger partial charge in [0.1, 0.15) is 0 Å². The molecule has 2 fully saturated rings. The monoisotopic (exact) mass is 322 g/mol. The molecular formula is C16H23BrN2. The Labute approximate surface area is 124 Å². The summed E-state index contributed by atoms with van der Waals surface area (Å²) < 4.78 is 1.18. The van der Waals surface area contributed by atoms with Crippen molar-refractivity contribution in [2.24, 2.45) is 5.92 Å². The van der Waals surface area contributed by atoms with Crippen molar-refractivity contribution < 1.29 is 0 Å². The maximum absolute atomic E-state index is 3.64. The molecule has 2 unspecified atom stereocenters. The van der Waals surface area contributed by atoms with Crippen LogP contribution in [-0.2, 0) is 6.54 Å². The van der Waals surface area contributed by atoms with Gasteiger partial charge in [-0.3, -0.25) is 0 Å². The average Bonchev–Trinajstić information content (AvgIpc) is 3.12. The number of hydrogen-bond donors (Lipinski definition) is 1. The Hall–Kier alpha value is -0.540. The van der Waals surface area contributed by atoms with Crippen molar-refractivity contribution in [2.45, 2.75) is 51.7 Å². The third-order valence-electron chi connectivity index (χ3n) is 4.29. The summed E-state index contributed by atoms with van der Waals surface area (Å²) >= 11 is 3.61. The third-order valence-corrected chi connectivity index (χ3v) is 4.79. The van der Waals surface area contributed by atoms with Gasteiger partial charge in [-0.1, -0.05) is 22.9 Å². The summed E-state index contributed by atoms with van der Waals surface area (Å²) in [7, 11) is 0. The van der Waals surface area contributed by atoms with Gasteiger partial charge in [0.15, 0.2) is 0 Å². The molecule has 1 aromatic rings. The van der Waals surface area contributed by atoms with Crippen LogP contribution in [0.15, 0.2) is 22.7 Å². The van der Waals surface area contributed by atoms with E-state index in [1.807, 2.05) is 0 Å². The fourth-order valence-electron chi connectivity index (χ4n) is 3.15. The lowest BCUT2D eigenvalue weighted by atomic mass is 10.1. The van der Waals surface area contributed by atoms with Gasteiger partial charge in [-0.25, -0.2) is 0 Å². The van der Waals surface area contributed by atoms with Gasteiger partial charge >= 0.3 is 0 Å². The molecule has 0 amide bonds. The Kier molecular flexibility index (Phi) is 3.86. The van der Waals surface area contributed by atoms with Gasteiger partial charge in [0, 0.05) is 35.3 Å². The second-order valence-corrected chi connectivity index (χ2v) is 7.19. The maximum atomic E-state index is 3.64. The van der Waals surface area contributed by atoms with Gasteiger partial charge in [-0.2, -0.15) is 0 Å². The normalized spacial score (nSPS) is 27.0. The quantitative estimate of drug-likeness (QED) is 0.903. The molecule has 1 aliphatic carbocycles. The van der Waals surface area contributed by atoms with E-state index in [0.717, 1.165) is 18.5 Å². The molecule has 1 saturated carbocycles. The van der Waals surface area contributed by atoms with Crippen molar-refractivity contribution in [3.05, 3.63) is 28.2 Å². The van der Waals surface area contributed by atoms with Crippen LogP contribution in [-0.4, -0.2) is 18.6 Å². The Morgan fingerprint density at radius 1 is 1.32 bits per heavy atom. The van der Waals surface area contributed by atoms with Crippen molar-refractivity contribution in [2.75, 3.05) is 11.4 Å². The zero-order chi connectivity index (χ0) is 13.4. The first-order chi connectivity index (χ1) is 9.13. The van der Waals surface area contributed by atoms with Crippen molar-refractivity contribution in [3.63, 3.8) is 0 Å². The minimum atomic E-state index is 0.663. The first-order valence-electron chi connectivity index (χ1n) is 7.42. The van der Waals surface area contributed by atoms with E-state index >= 15 is 0 Å². The zero-order valence-electron chi connectivity index (χ0n) is 11.8. The van der Waals surface area contributed by atoms with Crippen LogP contribution in [0.1, 0.15) is 38.7 Å². The van der Waals surface area contributed by atoms with Crippen molar-refractivity contribution in [1.82, 2.24) is 5.32 Å². The van der Waals surface area contributed by atoms with Crippen LogP contribution >= 0.6 is 15.9 Å². The highest BCUT2D eigenvalue weighted by atomic mass is 79.9. The molecule has 0 bridgehead atoms. The molecule has 1 aromatic carbocycles. The van der Waals surface area contributed by atoms with E-state index in [-0.39, 0.29) is 0 Å². The lowest BCUT2D eigenvalue weighted by Crippen LogP contribution is -2.28. The van der Waals surface area contributed by atoms with Crippen molar-refractivity contribution >= 4 is 21.6 Å². The number of rotatable bonds is 4. The van der Waals surface area contributed by atoms with Crippen molar-refractivity contribution in [1.29, 1.82) is 0 Å². The number of nitrogens with one attached hydrogen (secondary N) is 1. The minimum Gasteiger partial charge on any atom is -0.368 e. The molecule has 104 valence electrons. The molecule has 3 heteroatoms. The van der Waals surface area contributed by atoms with Crippen LogP contribution in [0.2, 0.25) is 0 Å². The van der Waals surface area contributed by atoms with Gasteiger partial charge in [0.25, 0.3) is 0 Å². The highest BCUT2D eigenvalue weighted by molar-refractivity contribution is 9.10. The number of nitrogens with zero attached hydrogens (tertiary/aromatic N) is 1. The Balaban J connectivity index is 1.81. The molecule has 2 aliphatic rings. The first kappa shape index (κ1) is 13.4. The molecule has 1 N–H and O–H groups in total. The lowest BCUT2D eigenvalue weighted by Gasteiger charge is -2.27. The van der Waals surface area contributed by atoms with Crippen molar-refractivity contribution in [3.8, 4) is 0 Å². The number of benzene rings is 1. The lowest BCUT2D eigenvalue weighted by molar-refractivity contribution is 0.625. The standard InChI is InChI=1S/C16H23BrN2/c1-11-7-12(2)19(10-11)16-6-3-14(17)8-13(16)9-18-15-4-5-15/h3,6,8,11-12,15,18H,4-5,7,9-10H2,1-2H3. The Morgan fingerprint density at radius 2 is 2.11 bits per heavy atom. The highest BCUT2D eigenvalue weighted by Gasteiger charge is 2.28. The molecule has 1 saturated heterocycles. The van der Waals surface area contributed by atoms with Crippen LogP contribution in [0.25, 0.3) is 0 Å².